The minimum atomic E-state index is -0.298. The number of anilines is 1. The van der Waals surface area contributed by atoms with E-state index in [9.17, 15) is 9.18 Å². The van der Waals surface area contributed by atoms with Crippen LogP contribution in [0.3, 0.4) is 0 Å². The number of hydrogen-bond donors (Lipinski definition) is 0. The van der Waals surface area contributed by atoms with E-state index in [0.29, 0.717) is 21.7 Å². The molecule has 7 heteroatoms. The molecule has 0 atom stereocenters. The van der Waals surface area contributed by atoms with Crippen LogP contribution in [0.4, 0.5) is 10.2 Å². The first kappa shape index (κ1) is 23.0. The normalized spacial score (nSPS) is 18.5. The molecule has 2 aliphatic heterocycles. The molecule has 0 unspecified atom stereocenters. The molecule has 5 rings (SSSR count). The predicted molar refractivity (Wildman–Crippen MR) is 142 cm³/mol. The topological polar surface area (TPSA) is 36.4 Å². The van der Waals surface area contributed by atoms with Crippen molar-refractivity contribution in [3.05, 3.63) is 75.9 Å². The molecular formula is C27H26FN3OS2. The Balaban J connectivity index is 1.51. The Morgan fingerprint density at radius 3 is 2.65 bits per heavy atom. The fourth-order valence-corrected chi connectivity index (χ4v) is 5.73. The third kappa shape index (κ3) is 4.59. The summed E-state index contributed by atoms with van der Waals surface area (Å²) < 4.78 is 13.8. The average Bonchev–Trinajstić information content (AvgIpc) is 3.08. The highest BCUT2D eigenvalue weighted by Crippen LogP contribution is 2.37. The second kappa shape index (κ2) is 9.47. The highest BCUT2D eigenvalue weighted by molar-refractivity contribution is 8.26. The Morgan fingerprint density at radius 1 is 1.18 bits per heavy atom. The summed E-state index contributed by atoms with van der Waals surface area (Å²) in [6.45, 7) is 6.62. The second-order valence-corrected chi connectivity index (χ2v) is 10.8. The van der Waals surface area contributed by atoms with Crippen LogP contribution >= 0.6 is 24.0 Å². The molecule has 0 saturated carbocycles. The zero-order valence-corrected chi connectivity index (χ0v) is 20.9. The molecule has 2 fully saturated rings. The van der Waals surface area contributed by atoms with E-state index < -0.39 is 0 Å². The average molecular weight is 492 g/mol. The zero-order chi connectivity index (χ0) is 23.8. The van der Waals surface area contributed by atoms with Crippen molar-refractivity contribution in [2.75, 3.05) is 18.0 Å². The zero-order valence-electron chi connectivity index (χ0n) is 19.3. The maximum Gasteiger partial charge on any atom is 0.266 e. The molecule has 174 valence electrons. The van der Waals surface area contributed by atoms with Gasteiger partial charge in [-0.05, 0) is 61.1 Å². The highest BCUT2D eigenvalue weighted by atomic mass is 32.2. The lowest BCUT2D eigenvalue weighted by molar-refractivity contribution is -0.122. The fraction of sp³-hybridized carbons (Fsp3) is 0.296. The first-order valence-corrected chi connectivity index (χ1v) is 12.8. The SMILES string of the molecule is Cc1cccc2cc(/C=C3\SC(=S)N(Cc4ccc(F)cc4)C3=O)c(N3CCC(C)CC3)nc12. The number of para-hydroxylation sites is 1. The molecule has 0 aliphatic carbocycles. The molecule has 3 heterocycles. The molecule has 0 radical (unpaired) electrons. The van der Waals surface area contributed by atoms with Crippen molar-refractivity contribution in [2.45, 2.75) is 33.2 Å². The number of fused-ring (bicyclic) bond motifs is 1. The van der Waals surface area contributed by atoms with Gasteiger partial charge in [0.1, 0.15) is 16.0 Å². The summed E-state index contributed by atoms with van der Waals surface area (Å²) in [5.74, 6) is 1.22. The van der Waals surface area contributed by atoms with Gasteiger partial charge in [-0.3, -0.25) is 9.69 Å². The number of pyridine rings is 1. The number of aryl methyl sites for hydroxylation is 1. The van der Waals surface area contributed by atoms with Crippen LogP contribution < -0.4 is 4.90 Å². The fourth-order valence-electron chi connectivity index (χ4n) is 4.48. The summed E-state index contributed by atoms with van der Waals surface area (Å²) in [4.78, 5) is 22.9. The van der Waals surface area contributed by atoms with Crippen molar-refractivity contribution < 1.29 is 9.18 Å². The number of hydrogen-bond acceptors (Lipinski definition) is 5. The number of thioether (sulfide) groups is 1. The van der Waals surface area contributed by atoms with Crippen LogP contribution in [-0.2, 0) is 11.3 Å². The van der Waals surface area contributed by atoms with Crippen molar-refractivity contribution in [1.82, 2.24) is 9.88 Å². The van der Waals surface area contributed by atoms with E-state index in [1.165, 1.54) is 23.9 Å². The first-order valence-electron chi connectivity index (χ1n) is 11.5. The molecule has 0 spiro atoms. The number of aromatic nitrogens is 1. The number of rotatable bonds is 4. The van der Waals surface area contributed by atoms with Crippen molar-refractivity contribution in [2.24, 2.45) is 5.92 Å². The van der Waals surface area contributed by atoms with E-state index in [0.717, 1.165) is 59.3 Å². The van der Waals surface area contributed by atoms with Gasteiger partial charge >= 0.3 is 0 Å². The monoisotopic (exact) mass is 491 g/mol. The van der Waals surface area contributed by atoms with Crippen molar-refractivity contribution in [3.8, 4) is 0 Å². The molecule has 2 aromatic carbocycles. The summed E-state index contributed by atoms with van der Waals surface area (Å²) >= 11 is 6.84. The Hall–Kier alpha value is -2.77. The molecular weight excluding hydrogens is 465 g/mol. The number of carbonyl (C=O) groups excluding carboxylic acids is 1. The molecule has 4 nitrogen and oxygen atoms in total. The maximum absolute atomic E-state index is 13.3. The van der Waals surface area contributed by atoms with Crippen LogP contribution in [0.15, 0.2) is 53.4 Å². The van der Waals surface area contributed by atoms with Crippen molar-refractivity contribution in [1.29, 1.82) is 0 Å². The van der Waals surface area contributed by atoms with E-state index in [2.05, 4.69) is 36.9 Å². The molecule has 0 bridgehead atoms. The number of halogens is 1. The summed E-state index contributed by atoms with van der Waals surface area (Å²) in [6.07, 6.45) is 4.20. The minimum Gasteiger partial charge on any atom is -0.356 e. The van der Waals surface area contributed by atoms with Crippen LogP contribution in [-0.4, -0.2) is 33.2 Å². The van der Waals surface area contributed by atoms with Crippen LogP contribution in [0.2, 0.25) is 0 Å². The van der Waals surface area contributed by atoms with Gasteiger partial charge in [-0.1, -0.05) is 61.2 Å². The van der Waals surface area contributed by atoms with Gasteiger partial charge in [0.05, 0.1) is 17.0 Å². The molecule has 0 N–H and O–H groups in total. The molecule has 2 aliphatic rings. The lowest BCUT2D eigenvalue weighted by atomic mass is 9.98. The molecule has 1 amide bonds. The number of piperidine rings is 1. The minimum absolute atomic E-state index is 0.123. The Kier molecular flexibility index (Phi) is 6.40. The summed E-state index contributed by atoms with van der Waals surface area (Å²) in [5.41, 5.74) is 3.92. The first-order chi connectivity index (χ1) is 16.4. The number of nitrogens with zero attached hydrogens (tertiary/aromatic N) is 3. The lowest BCUT2D eigenvalue weighted by Crippen LogP contribution is -2.34. The molecule has 3 aromatic rings. The highest BCUT2D eigenvalue weighted by Gasteiger charge is 2.32. The van der Waals surface area contributed by atoms with E-state index >= 15 is 0 Å². The second-order valence-electron chi connectivity index (χ2n) is 9.11. The quantitative estimate of drug-likeness (QED) is 0.315. The standard InChI is InChI=1S/C27H26FN3OS2/c1-17-10-12-30(13-11-17)25-21(14-20-5-3-4-18(2)24(20)29-25)15-23-26(32)31(27(33)34-23)16-19-6-8-22(28)9-7-19/h3-9,14-15,17H,10-13,16H2,1-2H3/b23-15-. The van der Waals surface area contributed by atoms with Crippen LogP contribution in [0, 0.1) is 18.7 Å². The number of benzene rings is 2. The van der Waals surface area contributed by atoms with E-state index in [1.807, 2.05) is 12.1 Å². The molecule has 2 saturated heterocycles. The number of thiocarbonyl (C=S) groups is 1. The van der Waals surface area contributed by atoms with E-state index in [-0.39, 0.29) is 11.7 Å². The van der Waals surface area contributed by atoms with Gasteiger partial charge in [0.2, 0.25) is 0 Å². The third-order valence-corrected chi connectivity index (χ3v) is 7.93. The molecule has 1 aromatic heterocycles. The van der Waals surface area contributed by atoms with Crippen molar-refractivity contribution >= 4 is 57.0 Å². The Bertz CT molecular complexity index is 1300. The predicted octanol–water partition coefficient (Wildman–Crippen LogP) is 6.32. The van der Waals surface area contributed by atoms with Gasteiger partial charge < -0.3 is 4.90 Å². The Labute approximate surface area is 208 Å². The van der Waals surface area contributed by atoms with E-state index in [4.69, 9.17) is 17.2 Å². The summed E-state index contributed by atoms with van der Waals surface area (Å²) in [6, 6.07) is 14.5. The number of amides is 1. The maximum atomic E-state index is 13.3. The van der Waals surface area contributed by atoms with E-state index in [1.54, 1.807) is 17.0 Å². The largest absolute Gasteiger partial charge is 0.356 e. The van der Waals surface area contributed by atoms with Gasteiger partial charge in [-0.25, -0.2) is 9.37 Å². The van der Waals surface area contributed by atoms with Crippen LogP contribution in [0.5, 0.6) is 0 Å². The van der Waals surface area contributed by atoms with Gasteiger partial charge in [0.15, 0.2) is 0 Å². The van der Waals surface area contributed by atoms with Gasteiger partial charge in [-0.15, -0.1) is 0 Å². The third-order valence-electron chi connectivity index (χ3n) is 6.55. The van der Waals surface area contributed by atoms with Crippen molar-refractivity contribution in [3.63, 3.8) is 0 Å². The lowest BCUT2D eigenvalue weighted by Gasteiger charge is -2.32. The van der Waals surface area contributed by atoms with Gasteiger partial charge in [-0.2, -0.15) is 0 Å². The van der Waals surface area contributed by atoms with Crippen LogP contribution in [0.25, 0.3) is 17.0 Å². The van der Waals surface area contributed by atoms with Gasteiger partial charge in [0, 0.05) is 24.0 Å². The number of carbonyl (C=O) groups is 1. The molecule has 34 heavy (non-hydrogen) atoms. The van der Waals surface area contributed by atoms with Crippen LogP contribution in [0.1, 0.15) is 36.5 Å². The summed E-state index contributed by atoms with van der Waals surface area (Å²) in [7, 11) is 0. The smallest absolute Gasteiger partial charge is 0.266 e. The Morgan fingerprint density at radius 2 is 1.91 bits per heavy atom. The van der Waals surface area contributed by atoms with Gasteiger partial charge in [0.25, 0.3) is 5.91 Å². The summed E-state index contributed by atoms with van der Waals surface area (Å²) in [5, 5.41) is 1.06.